The normalized spacial score (nSPS) is 10.8. The zero-order valence-electron chi connectivity index (χ0n) is 9.73. The monoisotopic (exact) mass is 268 g/mol. The lowest BCUT2D eigenvalue weighted by molar-refractivity contribution is 0.0967. The highest BCUT2D eigenvalue weighted by atomic mass is 79.9. The van der Waals surface area contributed by atoms with Crippen molar-refractivity contribution < 1.29 is 4.79 Å². The van der Waals surface area contributed by atoms with E-state index in [9.17, 15) is 4.79 Å². The molecule has 0 aromatic heterocycles. The lowest BCUT2D eigenvalue weighted by Gasteiger charge is -2.09. The average Bonchev–Trinajstić information content (AvgIpc) is 2.09. The minimum absolute atomic E-state index is 0.226. The van der Waals surface area contributed by atoms with E-state index in [1.54, 1.807) is 0 Å². The smallest absolute Gasteiger partial charge is 0.164 e. The molecular weight excluding hydrogens is 252 g/mol. The first-order valence-corrected chi connectivity index (χ1v) is 6.01. The second-order valence-corrected chi connectivity index (χ2v) is 5.26. The third kappa shape index (κ3) is 3.16. The summed E-state index contributed by atoms with van der Waals surface area (Å²) >= 11 is 3.48. The lowest BCUT2D eigenvalue weighted by Crippen LogP contribution is -2.05. The number of benzene rings is 1. The van der Waals surface area contributed by atoms with Crippen molar-refractivity contribution in [2.45, 2.75) is 34.1 Å². The zero-order valence-corrected chi connectivity index (χ0v) is 11.3. The largest absolute Gasteiger partial charge is 0.294 e. The van der Waals surface area contributed by atoms with Crippen molar-refractivity contribution in [3.63, 3.8) is 0 Å². The summed E-state index contributed by atoms with van der Waals surface area (Å²) in [5.41, 5.74) is 3.09. The summed E-state index contributed by atoms with van der Waals surface area (Å²) in [6, 6.07) is 4.04. The second kappa shape index (κ2) is 4.93. The Balaban J connectivity index is 3.08. The molecule has 0 aliphatic heterocycles. The molecule has 0 aliphatic rings. The van der Waals surface area contributed by atoms with Crippen LogP contribution in [0.15, 0.2) is 16.6 Å². The molecule has 1 aromatic rings. The molecule has 0 heterocycles. The van der Waals surface area contributed by atoms with E-state index in [2.05, 4.69) is 35.8 Å². The van der Waals surface area contributed by atoms with Crippen molar-refractivity contribution in [2.24, 2.45) is 5.92 Å². The van der Waals surface area contributed by atoms with Gasteiger partial charge in [0.2, 0.25) is 0 Å². The predicted octanol–water partition coefficient (Wildman–Crippen LogP) is 4.29. The summed E-state index contributed by atoms with van der Waals surface area (Å²) in [5, 5.41) is 0. The van der Waals surface area contributed by atoms with Gasteiger partial charge in [0.1, 0.15) is 0 Å². The van der Waals surface area contributed by atoms with Crippen molar-refractivity contribution in [3.05, 3.63) is 33.3 Å². The first-order chi connectivity index (χ1) is 6.91. The van der Waals surface area contributed by atoms with Crippen LogP contribution >= 0.6 is 15.9 Å². The minimum Gasteiger partial charge on any atom is -0.294 e. The van der Waals surface area contributed by atoms with E-state index in [0.717, 1.165) is 21.2 Å². The van der Waals surface area contributed by atoms with Crippen molar-refractivity contribution in [1.82, 2.24) is 0 Å². The van der Waals surface area contributed by atoms with Crippen LogP contribution in [0.4, 0.5) is 0 Å². The van der Waals surface area contributed by atoms with E-state index in [1.807, 2.05) is 19.9 Å². The summed E-state index contributed by atoms with van der Waals surface area (Å²) < 4.78 is 0.943. The van der Waals surface area contributed by atoms with E-state index < -0.39 is 0 Å². The van der Waals surface area contributed by atoms with Gasteiger partial charge in [-0.3, -0.25) is 4.79 Å². The SMILES string of the molecule is Cc1cc(C)c(Br)c(C(=O)CC(C)C)c1. The van der Waals surface area contributed by atoms with Gasteiger partial charge in [0.05, 0.1) is 0 Å². The molecule has 15 heavy (non-hydrogen) atoms. The molecule has 1 rings (SSSR count). The summed E-state index contributed by atoms with van der Waals surface area (Å²) in [4.78, 5) is 12.0. The minimum atomic E-state index is 0.226. The molecule has 0 unspecified atom stereocenters. The van der Waals surface area contributed by atoms with Crippen LogP contribution in [-0.4, -0.2) is 5.78 Å². The van der Waals surface area contributed by atoms with Gasteiger partial charge in [-0.1, -0.05) is 25.5 Å². The number of carbonyl (C=O) groups is 1. The van der Waals surface area contributed by atoms with Gasteiger partial charge in [-0.2, -0.15) is 0 Å². The Morgan fingerprint density at radius 1 is 1.33 bits per heavy atom. The van der Waals surface area contributed by atoms with Gasteiger partial charge in [0.15, 0.2) is 5.78 Å². The molecule has 0 fully saturated rings. The summed E-state index contributed by atoms with van der Waals surface area (Å²) in [5.74, 6) is 0.633. The molecule has 0 saturated heterocycles. The van der Waals surface area contributed by atoms with Gasteiger partial charge >= 0.3 is 0 Å². The van der Waals surface area contributed by atoms with Crippen LogP contribution in [-0.2, 0) is 0 Å². The highest BCUT2D eigenvalue weighted by Gasteiger charge is 2.13. The Labute approximate surface area is 100 Å². The number of carbonyl (C=O) groups excluding carboxylic acids is 1. The molecule has 1 nitrogen and oxygen atoms in total. The Kier molecular flexibility index (Phi) is 4.09. The molecule has 0 aliphatic carbocycles. The van der Waals surface area contributed by atoms with Crippen molar-refractivity contribution in [1.29, 1.82) is 0 Å². The van der Waals surface area contributed by atoms with Crippen molar-refractivity contribution >= 4 is 21.7 Å². The number of Topliss-reactive ketones (excluding diaryl/α,β-unsaturated/α-hetero) is 1. The number of ketones is 1. The van der Waals surface area contributed by atoms with Gasteiger partial charge in [0.25, 0.3) is 0 Å². The predicted molar refractivity (Wildman–Crippen MR) is 67.4 cm³/mol. The number of rotatable bonds is 3. The van der Waals surface area contributed by atoms with E-state index in [-0.39, 0.29) is 5.78 Å². The molecule has 0 amide bonds. The van der Waals surface area contributed by atoms with E-state index in [0.29, 0.717) is 12.3 Å². The number of hydrogen-bond donors (Lipinski definition) is 0. The molecule has 82 valence electrons. The van der Waals surface area contributed by atoms with Crippen LogP contribution in [0.3, 0.4) is 0 Å². The number of aryl methyl sites for hydroxylation is 2. The van der Waals surface area contributed by atoms with Crippen LogP contribution in [0.5, 0.6) is 0 Å². The Morgan fingerprint density at radius 2 is 1.93 bits per heavy atom. The van der Waals surface area contributed by atoms with Crippen LogP contribution in [0, 0.1) is 19.8 Å². The van der Waals surface area contributed by atoms with Gasteiger partial charge in [-0.05, 0) is 47.3 Å². The molecular formula is C13H17BrO. The zero-order chi connectivity index (χ0) is 11.6. The molecule has 0 radical (unpaired) electrons. The van der Waals surface area contributed by atoms with E-state index >= 15 is 0 Å². The molecule has 0 bridgehead atoms. The van der Waals surface area contributed by atoms with Crippen LogP contribution in [0.25, 0.3) is 0 Å². The van der Waals surface area contributed by atoms with Crippen LogP contribution in [0.1, 0.15) is 41.8 Å². The van der Waals surface area contributed by atoms with E-state index in [4.69, 9.17) is 0 Å². The molecule has 0 N–H and O–H groups in total. The molecule has 2 heteroatoms. The summed E-state index contributed by atoms with van der Waals surface area (Å²) in [6.45, 7) is 8.16. The van der Waals surface area contributed by atoms with Crippen molar-refractivity contribution in [3.8, 4) is 0 Å². The highest BCUT2D eigenvalue weighted by Crippen LogP contribution is 2.25. The fourth-order valence-electron chi connectivity index (χ4n) is 1.63. The van der Waals surface area contributed by atoms with Crippen molar-refractivity contribution in [2.75, 3.05) is 0 Å². The number of hydrogen-bond acceptors (Lipinski definition) is 1. The van der Waals surface area contributed by atoms with Crippen LogP contribution < -0.4 is 0 Å². The Bertz CT molecular complexity index is 380. The molecule has 0 saturated carbocycles. The van der Waals surface area contributed by atoms with Gasteiger partial charge in [0, 0.05) is 16.5 Å². The lowest BCUT2D eigenvalue weighted by atomic mass is 9.98. The molecule has 0 atom stereocenters. The first-order valence-electron chi connectivity index (χ1n) is 5.21. The Morgan fingerprint density at radius 3 is 2.47 bits per heavy atom. The number of halogens is 1. The molecule has 1 aromatic carbocycles. The molecule has 0 spiro atoms. The fourth-order valence-corrected chi connectivity index (χ4v) is 2.08. The topological polar surface area (TPSA) is 17.1 Å². The second-order valence-electron chi connectivity index (χ2n) is 4.46. The third-order valence-electron chi connectivity index (χ3n) is 2.29. The first kappa shape index (κ1) is 12.4. The summed E-state index contributed by atoms with van der Waals surface area (Å²) in [7, 11) is 0. The standard InChI is InChI=1S/C13H17BrO/c1-8(2)5-12(15)11-7-9(3)6-10(4)13(11)14/h6-8H,5H2,1-4H3. The van der Waals surface area contributed by atoms with Gasteiger partial charge in [-0.15, -0.1) is 0 Å². The quantitative estimate of drug-likeness (QED) is 0.748. The van der Waals surface area contributed by atoms with E-state index in [1.165, 1.54) is 0 Å². The van der Waals surface area contributed by atoms with Gasteiger partial charge < -0.3 is 0 Å². The van der Waals surface area contributed by atoms with Crippen LogP contribution in [0.2, 0.25) is 0 Å². The third-order valence-corrected chi connectivity index (χ3v) is 3.35. The maximum absolute atomic E-state index is 12.0. The maximum atomic E-state index is 12.0. The maximum Gasteiger partial charge on any atom is 0.164 e. The van der Waals surface area contributed by atoms with Gasteiger partial charge in [-0.25, -0.2) is 0 Å². The summed E-state index contributed by atoms with van der Waals surface area (Å²) in [6.07, 6.45) is 0.613. The highest BCUT2D eigenvalue weighted by molar-refractivity contribution is 9.10. The average molecular weight is 269 g/mol. The Hall–Kier alpha value is -0.630. The fraction of sp³-hybridized carbons (Fsp3) is 0.462.